The molecule has 2 aromatic carbocycles. The molecule has 10 nitrogen and oxygen atoms in total. The van der Waals surface area contributed by atoms with Gasteiger partial charge in [0.05, 0.1) is 35.0 Å². The fourth-order valence-corrected chi connectivity index (χ4v) is 8.12. The fourth-order valence-electron chi connectivity index (χ4n) is 7.31. The Kier molecular flexibility index (Phi) is 10.2. The molecule has 3 saturated carbocycles. The SMILES string of the molecule is COc1cc(F)c(OC2CCC(C)(C(=O)OC(C)(C)C)CC2)cc1C(=O)N[C@@H]1[C@H]2CC[C@H](C2)[C@@H]1C(=O)Nc1cccc(S(=O)(=O)C(F)(F)F)c1. The van der Waals surface area contributed by atoms with Crippen molar-refractivity contribution in [2.75, 3.05) is 12.4 Å². The van der Waals surface area contributed by atoms with Gasteiger partial charge in [-0.1, -0.05) is 6.07 Å². The number of fused-ring (bicyclic) bond motifs is 2. The first kappa shape index (κ1) is 37.4. The Morgan fingerprint density at radius 2 is 1.60 bits per heavy atom. The van der Waals surface area contributed by atoms with Crippen LogP contribution in [0.15, 0.2) is 41.3 Å². The number of amides is 2. The van der Waals surface area contributed by atoms with E-state index in [0.29, 0.717) is 38.5 Å². The standard InChI is InChI=1S/C35H42F4N2O8S/c1-33(2,3)49-32(44)34(4)13-11-22(12-14-34)48-27-17-24(26(47-5)18-25(27)36)30(42)41-29-20-10-9-19(15-20)28(29)31(43)40-21-7-6-8-23(16-21)50(45,46)35(37,38)39/h6-8,16-20,22,28-29H,9-15H2,1-5H3,(H,40,43)(H,41,42)/t19-,20+,22?,28+,29-,34?/m1/s1. The van der Waals surface area contributed by atoms with E-state index in [9.17, 15) is 36.0 Å². The number of benzene rings is 2. The third kappa shape index (κ3) is 7.71. The summed E-state index contributed by atoms with van der Waals surface area (Å²) in [4.78, 5) is 39.1. The second-order valence-corrected chi connectivity index (χ2v) is 16.6. The zero-order chi connectivity index (χ0) is 36.8. The Morgan fingerprint density at radius 3 is 2.22 bits per heavy atom. The summed E-state index contributed by atoms with van der Waals surface area (Å²) in [6.45, 7) is 7.24. The van der Waals surface area contributed by atoms with E-state index in [-0.39, 0.29) is 40.6 Å². The number of alkyl halides is 3. The van der Waals surface area contributed by atoms with Crippen LogP contribution in [-0.2, 0) is 24.2 Å². The predicted octanol–water partition coefficient (Wildman–Crippen LogP) is 6.58. The van der Waals surface area contributed by atoms with E-state index in [4.69, 9.17) is 14.2 Å². The fraction of sp³-hybridized carbons (Fsp3) is 0.571. The largest absolute Gasteiger partial charge is 0.501 e. The van der Waals surface area contributed by atoms with Crippen LogP contribution in [0.5, 0.6) is 11.5 Å². The first-order chi connectivity index (χ1) is 23.2. The molecule has 3 fully saturated rings. The Bertz CT molecular complexity index is 1750. The summed E-state index contributed by atoms with van der Waals surface area (Å²) in [6.07, 6.45) is 3.48. The number of anilines is 1. The van der Waals surface area contributed by atoms with Gasteiger partial charge >= 0.3 is 11.5 Å². The Labute approximate surface area is 288 Å². The van der Waals surface area contributed by atoms with Crippen LogP contribution in [0.1, 0.15) is 83.0 Å². The highest BCUT2D eigenvalue weighted by molar-refractivity contribution is 7.92. The van der Waals surface area contributed by atoms with Crippen molar-refractivity contribution in [2.24, 2.45) is 23.2 Å². The molecule has 0 unspecified atom stereocenters. The first-order valence-corrected chi connectivity index (χ1v) is 18.0. The van der Waals surface area contributed by atoms with Crippen LogP contribution in [0, 0.1) is 29.0 Å². The molecular formula is C35H42F4N2O8S. The highest BCUT2D eigenvalue weighted by atomic mass is 32.2. The highest BCUT2D eigenvalue weighted by Crippen LogP contribution is 2.49. The lowest BCUT2D eigenvalue weighted by atomic mass is 9.74. The van der Waals surface area contributed by atoms with Gasteiger partial charge in [0.15, 0.2) is 11.6 Å². The molecule has 2 aromatic rings. The van der Waals surface area contributed by atoms with Crippen molar-refractivity contribution < 1.29 is 54.6 Å². The van der Waals surface area contributed by atoms with Crippen LogP contribution in [0.3, 0.4) is 0 Å². The van der Waals surface area contributed by atoms with Gasteiger partial charge in [-0.3, -0.25) is 14.4 Å². The summed E-state index contributed by atoms with van der Waals surface area (Å²) in [7, 11) is -4.35. The minimum absolute atomic E-state index is 0.0229. The third-order valence-electron chi connectivity index (χ3n) is 9.95. The van der Waals surface area contributed by atoms with Gasteiger partial charge < -0.3 is 24.8 Å². The number of hydrogen-bond donors (Lipinski definition) is 2. The molecule has 2 amide bonds. The molecule has 0 aliphatic heterocycles. The number of carbonyl (C=O) groups is 3. The van der Waals surface area contributed by atoms with Crippen LogP contribution in [0.2, 0.25) is 0 Å². The molecule has 0 radical (unpaired) electrons. The summed E-state index contributed by atoms with van der Waals surface area (Å²) in [5.74, 6) is -3.43. The van der Waals surface area contributed by atoms with Crippen molar-refractivity contribution >= 4 is 33.3 Å². The van der Waals surface area contributed by atoms with Crippen LogP contribution in [-0.4, -0.2) is 56.6 Å². The monoisotopic (exact) mass is 726 g/mol. The number of hydrogen-bond acceptors (Lipinski definition) is 8. The number of nitrogens with one attached hydrogen (secondary N) is 2. The average molecular weight is 727 g/mol. The molecule has 0 aromatic heterocycles. The summed E-state index contributed by atoms with van der Waals surface area (Å²) in [5, 5.41) is 5.45. The lowest BCUT2D eigenvalue weighted by molar-refractivity contribution is -0.169. The molecule has 15 heteroatoms. The van der Waals surface area contributed by atoms with Crippen molar-refractivity contribution in [1.29, 1.82) is 0 Å². The highest BCUT2D eigenvalue weighted by Gasteiger charge is 2.52. The third-order valence-corrected chi connectivity index (χ3v) is 11.4. The lowest BCUT2D eigenvalue weighted by Gasteiger charge is -2.37. The van der Waals surface area contributed by atoms with Crippen LogP contribution in [0.25, 0.3) is 0 Å². The summed E-state index contributed by atoms with van der Waals surface area (Å²) >= 11 is 0. The topological polar surface area (TPSA) is 137 Å². The van der Waals surface area contributed by atoms with Gasteiger partial charge in [0.1, 0.15) is 11.4 Å². The maximum atomic E-state index is 15.2. The minimum Gasteiger partial charge on any atom is -0.496 e. The number of rotatable bonds is 9. The lowest BCUT2D eigenvalue weighted by Crippen LogP contribution is -2.48. The van der Waals surface area contributed by atoms with Crippen LogP contribution < -0.4 is 20.1 Å². The quantitative estimate of drug-likeness (QED) is 0.219. The van der Waals surface area contributed by atoms with E-state index in [1.54, 1.807) is 20.8 Å². The van der Waals surface area contributed by atoms with E-state index < -0.39 is 67.0 Å². The van der Waals surface area contributed by atoms with Gasteiger partial charge in [-0.05, 0) is 109 Å². The van der Waals surface area contributed by atoms with Crippen molar-refractivity contribution in [2.45, 2.75) is 101 Å². The molecule has 0 spiro atoms. The van der Waals surface area contributed by atoms with Crippen molar-refractivity contribution in [3.8, 4) is 11.5 Å². The molecule has 274 valence electrons. The number of sulfone groups is 1. The average Bonchev–Trinajstić information content (AvgIpc) is 3.64. The van der Waals surface area contributed by atoms with E-state index in [0.717, 1.165) is 30.7 Å². The normalized spacial score (nSPS) is 26.6. The van der Waals surface area contributed by atoms with Crippen molar-refractivity contribution in [3.05, 3.63) is 47.8 Å². The maximum Gasteiger partial charge on any atom is 0.501 e. The molecular weight excluding hydrogens is 684 g/mol. The number of methoxy groups -OCH3 is 1. The second kappa shape index (κ2) is 13.7. The Morgan fingerprint density at radius 1 is 0.940 bits per heavy atom. The number of ether oxygens (including phenoxy) is 3. The summed E-state index contributed by atoms with van der Waals surface area (Å²) < 4.78 is 95.3. The molecule has 3 aliphatic carbocycles. The van der Waals surface area contributed by atoms with E-state index >= 15 is 4.39 Å². The molecule has 0 saturated heterocycles. The molecule has 0 heterocycles. The zero-order valence-corrected chi connectivity index (χ0v) is 29.3. The summed E-state index contributed by atoms with van der Waals surface area (Å²) in [6, 6.07) is 5.56. The van der Waals surface area contributed by atoms with Gasteiger partial charge in [0, 0.05) is 17.8 Å². The van der Waals surface area contributed by atoms with Gasteiger partial charge in [-0.15, -0.1) is 0 Å². The minimum atomic E-state index is -5.63. The van der Waals surface area contributed by atoms with Crippen molar-refractivity contribution in [1.82, 2.24) is 5.32 Å². The van der Waals surface area contributed by atoms with Gasteiger partial charge in [-0.2, -0.15) is 13.2 Å². The van der Waals surface area contributed by atoms with Gasteiger partial charge in [0.25, 0.3) is 15.7 Å². The number of esters is 1. The Balaban J connectivity index is 1.29. The summed E-state index contributed by atoms with van der Waals surface area (Å²) in [5.41, 5.74) is -7.00. The molecule has 3 aliphatic rings. The molecule has 5 rings (SSSR count). The number of halogens is 4. The van der Waals surface area contributed by atoms with E-state index in [1.807, 2.05) is 6.92 Å². The van der Waals surface area contributed by atoms with Gasteiger partial charge in [0.2, 0.25) is 5.91 Å². The molecule has 50 heavy (non-hydrogen) atoms. The zero-order valence-electron chi connectivity index (χ0n) is 28.5. The van der Waals surface area contributed by atoms with Gasteiger partial charge in [-0.25, -0.2) is 12.8 Å². The first-order valence-electron chi connectivity index (χ1n) is 16.5. The molecule has 2 bridgehead atoms. The smallest absolute Gasteiger partial charge is 0.496 e. The molecule has 2 N–H and O–H groups in total. The number of carbonyl (C=O) groups excluding carboxylic acids is 3. The predicted molar refractivity (Wildman–Crippen MR) is 174 cm³/mol. The Hall–Kier alpha value is -3.88. The molecule has 4 atom stereocenters. The van der Waals surface area contributed by atoms with Crippen LogP contribution in [0.4, 0.5) is 23.2 Å². The van der Waals surface area contributed by atoms with Crippen molar-refractivity contribution in [3.63, 3.8) is 0 Å². The maximum absolute atomic E-state index is 15.2. The van der Waals surface area contributed by atoms with Crippen LogP contribution >= 0.6 is 0 Å². The van der Waals surface area contributed by atoms with E-state index in [2.05, 4.69) is 10.6 Å². The van der Waals surface area contributed by atoms with E-state index in [1.165, 1.54) is 19.2 Å². The second-order valence-electron chi connectivity index (χ2n) is 14.7.